The van der Waals surface area contributed by atoms with Gasteiger partial charge in [-0.25, -0.2) is 14.8 Å². The predicted molar refractivity (Wildman–Crippen MR) is 124 cm³/mol. The summed E-state index contributed by atoms with van der Waals surface area (Å²) in [6, 6.07) is 8.82. The molecule has 1 fully saturated rings. The van der Waals surface area contributed by atoms with Crippen LogP contribution >= 0.6 is 0 Å². The summed E-state index contributed by atoms with van der Waals surface area (Å²) in [5.74, 6) is 0.239. The van der Waals surface area contributed by atoms with Gasteiger partial charge in [0.25, 0.3) is 0 Å². The molecule has 32 heavy (non-hydrogen) atoms. The molecule has 7 nitrogen and oxygen atoms in total. The van der Waals surface area contributed by atoms with Crippen molar-refractivity contribution in [2.75, 3.05) is 0 Å². The number of carboxylic acids is 1. The molecule has 0 amide bonds. The second-order valence-corrected chi connectivity index (χ2v) is 8.19. The molecule has 0 atom stereocenters. The summed E-state index contributed by atoms with van der Waals surface area (Å²) in [5.41, 5.74) is 3.97. The highest BCUT2D eigenvalue weighted by atomic mass is 16.4. The first kappa shape index (κ1) is 20.5. The van der Waals surface area contributed by atoms with Gasteiger partial charge in [-0.1, -0.05) is 26.0 Å². The van der Waals surface area contributed by atoms with E-state index in [4.69, 9.17) is 12.8 Å². The van der Waals surface area contributed by atoms with E-state index in [2.05, 4.69) is 15.6 Å². The molecule has 1 N–H and O–H groups in total. The fourth-order valence-corrected chi connectivity index (χ4v) is 4.44. The standard InChI is InChI=1S/C22H17BN4O3.C2H6/c23-18-4-3-12-9-16(27(20(12)25-18)10-11-1-2-11)21-24-15-8-13(22(29)30)7-14-17(28)5-6-26(21)19(14)15;1-2/h3-4,7-9,11H,1-2,5-6,10H2,(H,29,30);1-2H3. The molecule has 4 aromatic rings. The lowest BCUT2D eigenvalue weighted by molar-refractivity contribution is 0.0697. The third-order valence-electron chi connectivity index (χ3n) is 6.08. The monoisotopic (exact) mass is 426 g/mol. The van der Waals surface area contributed by atoms with Gasteiger partial charge >= 0.3 is 5.97 Å². The summed E-state index contributed by atoms with van der Waals surface area (Å²) in [5, 5.41) is 10.4. The molecule has 1 aromatic carbocycles. The number of nitrogens with zero attached hydrogens (tertiary/aromatic N) is 4. The Morgan fingerprint density at radius 2 is 1.97 bits per heavy atom. The fourth-order valence-electron chi connectivity index (χ4n) is 4.44. The van der Waals surface area contributed by atoms with Gasteiger partial charge in [0.1, 0.15) is 13.5 Å². The van der Waals surface area contributed by atoms with Gasteiger partial charge in [0.15, 0.2) is 11.6 Å². The van der Waals surface area contributed by atoms with Crippen LogP contribution in [0.4, 0.5) is 0 Å². The Morgan fingerprint density at radius 3 is 2.69 bits per heavy atom. The van der Waals surface area contributed by atoms with Gasteiger partial charge < -0.3 is 14.2 Å². The second kappa shape index (κ2) is 7.62. The van der Waals surface area contributed by atoms with Crippen LogP contribution in [-0.4, -0.2) is 43.8 Å². The van der Waals surface area contributed by atoms with Crippen LogP contribution in [0, 0.1) is 5.92 Å². The van der Waals surface area contributed by atoms with Crippen molar-refractivity contribution in [1.29, 1.82) is 0 Å². The molecule has 6 rings (SSSR count). The average molecular weight is 426 g/mol. The highest BCUT2D eigenvalue weighted by molar-refractivity contribution is 6.31. The number of carboxylic acid groups (broad SMARTS) is 1. The lowest BCUT2D eigenvalue weighted by Crippen LogP contribution is -2.16. The first-order valence-electron chi connectivity index (χ1n) is 11.1. The smallest absolute Gasteiger partial charge is 0.335 e. The van der Waals surface area contributed by atoms with Gasteiger partial charge in [0.05, 0.1) is 22.3 Å². The molecule has 0 spiro atoms. The molecule has 4 heterocycles. The van der Waals surface area contributed by atoms with Crippen LogP contribution in [-0.2, 0) is 13.1 Å². The van der Waals surface area contributed by atoms with Crippen LogP contribution in [0.5, 0.6) is 0 Å². The Hall–Kier alpha value is -3.42. The number of benzene rings is 1. The number of imidazole rings is 1. The van der Waals surface area contributed by atoms with Crippen molar-refractivity contribution in [3.63, 3.8) is 0 Å². The number of hydrogen-bond acceptors (Lipinski definition) is 4. The zero-order valence-electron chi connectivity index (χ0n) is 18.1. The number of aromatic nitrogens is 4. The molecular weight excluding hydrogens is 403 g/mol. The Bertz CT molecular complexity index is 1400. The summed E-state index contributed by atoms with van der Waals surface area (Å²) in [6.07, 6.45) is 2.71. The van der Waals surface area contributed by atoms with Gasteiger partial charge in [0.2, 0.25) is 0 Å². The van der Waals surface area contributed by atoms with E-state index in [-0.39, 0.29) is 11.3 Å². The van der Waals surface area contributed by atoms with E-state index in [1.807, 2.05) is 24.5 Å². The SMILES string of the molecule is CC.[B]c1ccc2cc(-c3nc4cc(C(=O)O)cc5c4n3CCC5=O)n(CC3CC3)c2n1. The first-order chi connectivity index (χ1) is 15.5. The molecule has 3 aromatic heterocycles. The third-order valence-corrected chi connectivity index (χ3v) is 6.08. The maximum absolute atomic E-state index is 12.5. The van der Waals surface area contributed by atoms with Gasteiger partial charge in [-0.15, -0.1) is 0 Å². The maximum Gasteiger partial charge on any atom is 0.335 e. The lowest BCUT2D eigenvalue weighted by atomic mass is 10.00. The van der Waals surface area contributed by atoms with E-state index >= 15 is 0 Å². The quantitative estimate of drug-likeness (QED) is 0.504. The van der Waals surface area contributed by atoms with Gasteiger partial charge in [-0.05, 0) is 42.6 Å². The second-order valence-electron chi connectivity index (χ2n) is 8.19. The third kappa shape index (κ3) is 3.21. The van der Waals surface area contributed by atoms with Crippen LogP contribution in [0.15, 0.2) is 30.3 Å². The highest BCUT2D eigenvalue weighted by Gasteiger charge is 2.29. The summed E-state index contributed by atoms with van der Waals surface area (Å²) in [6.45, 7) is 5.36. The number of aryl methyl sites for hydroxylation is 1. The minimum atomic E-state index is -1.06. The van der Waals surface area contributed by atoms with Crippen LogP contribution in [0.2, 0.25) is 0 Å². The van der Waals surface area contributed by atoms with Crippen molar-refractivity contribution in [2.24, 2.45) is 5.92 Å². The molecule has 1 aliphatic carbocycles. The normalized spacial score (nSPS) is 15.1. The Balaban J connectivity index is 0.00000105. The summed E-state index contributed by atoms with van der Waals surface area (Å²) >= 11 is 0. The summed E-state index contributed by atoms with van der Waals surface area (Å²) in [7, 11) is 5.96. The van der Waals surface area contributed by atoms with Crippen molar-refractivity contribution in [1.82, 2.24) is 19.1 Å². The number of hydrogen-bond donors (Lipinski definition) is 1. The largest absolute Gasteiger partial charge is 0.478 e. The highest BCUT2D eigenvalue weighted by Crippen LogP contribution is 2.37. The Morgan fingerprint density at radius 1 is 1.19 bits per heavy atom. The number of ketones is 1. The fraction of sp³-hybridized carbons (Fsp3) is 0.333. The van der Waals surface area contributed by atoms with Gasteiger partial charge in [-0.3, -0.25) is 4.79 Å². The number of carbonyl (C=O) groups excluding carboxylic acids is 1. The molecule has 8 heteroatoms. The van der Waals surface area contributed by atoms with Crippen LogP contribution in [0.25, 0.3) is 33.6 Å². The average Bonchev–Trinajstić information content (AvgIpc) is 3.44. The van der Waals surface area contributed by atoms with Gasteiger partial charge in [-0.2, -0.15) is 0 Å². The minimum Gasteiger partial charge on any atom is -0.478 e. The van der Waals surface area contributed by atoms with Crippen molar-refractivity contribution < 1.29 is 14.7 Å². The summed E-state index contributed by atoms with van der Waals surface area (Å²) < 4.78 is 4.21. The topological polar surface area (TPSA) is 90.0 Å². The van der Waals surface area contributed by atoms with E-state index in [1.165, 1.54) is 18.9 Å². The van der Waals surface area contributed by atoms with Crippen molar-refractivity contribution in [3.05, 3.63) is 41.5 Å². The zero-order chi connectivity index (χ0) is 22.6. The van der Waals surface area contributed by atoms with Crippen molar-refractivity contribution in [2.45, 2.75) is 46.2 Å². The molecule has 0 saturated heterocycles. The van der Waals surface area contributed by atoms with Gasteiger partial charge in [0, 0.05) is 30.5 Å². The number of Topliss-reactive ketones (excluding diaryl/α,β-unsaturated/α-hetero) is 1. The minimum absolute atomic E-state index is 0.0463. The van der Waals surface area contributed by atoms with Crippen LogP contribution in [0.3, 0.4) is 0 Å². The Labute approximate surface area is 186 Å². The molecule has 0 bridgehead atoms. The maximum atomic E-state index is 12.5. The van der Waals surface area contributed by atoms with E-state index in [0.717, 1.165) is 29.1 Å². The molecular formula is C24H23BN4O3. The van der Waals surface area contributed by atoms with Crippen LogP contribution < -0.4 is 5.59 Å². The zero-order valence-corrected chi connectivity index (χ0v) is 18.1. The molecule has 2 radical (unpaired) electrons. The number of carbonyl (C=O) groups is 2. The molecule has 1 saturated carbocycles. The molecule has 160 valence electrons. The van der Waals surface area contributed by atoms with Crippen molar-refractivity contribution in [3.8, 4) is 11.5 Å². The predicted octanol–water partition coefficient (Wildman–Crippen LogP) is 3.57. The van der Waals surface area contributed by atoms with E-state index in [9.17, 15) is 14.7 Å². The van der Waals surface area contributed by atoms with E-state index in [0.29, 0.717) is 41.1 Å². The van der Waals surface area contributed by atoms with Crippen LogP contribution in [0.1, 0.15) is 53.8 Å². The van der Waals surface area contributed by atoms with E-state index in [1.54, 1.807) is 12.1 Å². The molecule has 0 unspecified atom stereocenters. The lowest BCUT2D eigenvalue weighted by Gasteiger charge is -2.17. The molecule has 1 aliphatic heterocycles. The number of rotatable bonds is 4. The number of aromatic carboxylic acids is 1. The first-order valence-corrected chi connectivity index (χ1v) is 11.1. The number of fused-ring (bicyclic) bond motifs is 1. The Kier molecular flexibility index (Phi) is 4.88. The number of pyridine rings is 1. The van der Waals surface area contributed by atoms with E-state index < -0.39 is 5.97 Å². The summed E-state index contributed by atoms with van der Waals surface area (Å²) in [4.78, 5) is 33.5. The molecule has 2 aliphatic rings. The van der Waals surface area contributed by atoms with Crippen molar-refractivity contribution >= 4 is 47.3 Å².